The highest BCUT2D eigenvalue weighted by atomic mass is 79.9. The number of nitro groups is 1. The summed E-state index contributed by atoms with van der Waals surface area (Å²) >= 11 is 3.30. The van der Waals surface area contributed by atoms with E-state index in [-0.39, 0.29) is 11.4 Å². The minimum absolute atomic E-state index is 0.0678. The third kappa shape index (κ3) is 3.74. The Bertz CT molecular complexity index is 788. The monoisotopic (exact) mass is 382 g/mol. The number of aromatic nitrogens is 1. The smallest absolute Gasteiger partial charge is 0.429 e. The molecule has 23 heavy (non-hydrogen) atoms. The highest BCUT2D eigenvalue weighted by Gasteiger charge is 2.29. The molecule has 0 saturated heterocycles. The Morgan fingerprint density at radius 2 is 2.09 bits per heavy atom. The van der Waals surface area contributed by atoms with Gasteiger partial charge in [0, 0.05) is 9.86 Å². The maximum absolute atomic E-state index is 12.2. The molecule has 2 aromatic rings. The summed E-state index contributed by atoms with van der Waals surface area (Å²) in [6.45, 7) is 5.03. The number of fused-ring (bicyclic) bond motifs is 1. The van der Waals surface area contributed by atoms with Crippen molar-refractivity contribution >= 4 is 44.3 Å². The van der Waals surface area contributed by atoms with E-state index < -0.39 is 16.6 Å². The van der Waals surface area contributed by atoms with Gasteiger partial charge in [0.15, 0.2) is 5.69 Å². The molecule has 0 radical (unpaired) electrons. The zero-order valence-electron chi connectivity index (χ0n) is 12.7. The van der Waals surface area contributed by atoms with Crippen molar-refractivity contribution < 1.29 is 14.5 Å². The summed E-state index contributed by atoms with van der Waals surface area (Å²) in [6.07, 6.45) is 0.171. The van der Waals surface area contributed by atoms with E-state index in [1.165, 1.54) is 0 Å². The Kier molecular flexibility index (Phi) is 4.53. The summed E-state index contributed by atoms with van der Waals surface area (Å²) in [5.41, 5.74) is -0.774. The largest absolute Gasteiger partial charge is 0.442 e. The molecule has 0 fully saturated rings. The number of amides is 1. The lowest BCUT2D eigenvalue weighted by molar-refractivity contribution is -0.384. The first kappa shape index (κ1) is 17.1. The molecule has 1 aromatic carbocycles. The van der Waals surface area contributed by atoms with Gasteiger partial charge in [0.05, 0.1) is 10.4 Å². The molecule has 1 amide bonds. The number of nitrogens with zero attached hydrogens (tertiary/aromatic N) is 3. The number of hydrogen-bond donors (Lipinski definition) is 1. The Balaban J connectivity index is 2.62. The maximum Gasteiger partial charge on any atom is 0.429 e. The van der Waals surface area contributed by atoms with Crippen molar-refractivity contribution in [1.82, 2.24) is 4.98 Å². The molecule has 2 N–H and O–H groups in total. The fourth-order valence-electron chi connectivity index (χ4n) is 1.93. The van der Waals surface area contributed by atoms with Crippen LogP contribution in [0.25, 0.3) is 10.9 Å². The number of rotatable bonds is 2. The van der Waals surface area contributed by atoms with E-state index in [1.54, 1.807) is 39.0 Å². The van der Waals surface area contributed by atoms with Gasteiger partial charge < -0.3 is 4.74 Å². The molecule has 0 aliphatic rings. The van der Waals surface area contributed by atoms with Gasteiger partial charge in [-0.05, 0) is 39.0 Å². The summed E-state index contributed by atoms with van der Waals surface area (Å²) in [6, 6.07) is 4.95. The van der Waals surface area contributed by atoms with E-state index in [2.05, 4.69) is 20.9 Å². The van der Waals surface area contributed by atoms with Gasteiger partial charge >= 0.3 is 11.8 Å². The number of anilines is 1. The van der Waals surface area contributed by atoms with Crippen LogP contribution in [-0.4, -0.2) is 21.6 Å². The van der Waals surface area contributed by atoms with Gasteiger partial charge in [0.25, 0.3) is 0 Å². The van der Waals surface area contributed by atoms with Crippen LogP contribution in [0.15, 0.2) is 28.9 Å². The molecule has 1 heterocycles. The fraction of sp³-hybridized carbons (Fsp3) is 0.286. The molecule has 122 valence electrons. The van der Waals surface area contributed by atoms with Crippen LogP contribution >= 0.6 is 15.9 Å². The Morgan fingerprint density at radius 3 is 2.65 bits per heavy atom. The molecule has 0 bridgehead atoms. The van der Waals surface area contributed by atoms with E-state index in [4.69, 9.17) is 10.6 Å². The third-order valence-corrected chi connectivity index (χ3v) is 3.30. The van der Waals surface area contributed by atoms with Gasteiger partial charge in [-0.1, -0.05) is 15.9 Å². The van der Waals surface area contributed by atoms with Crippen LogP contribution in [0.5, 0.6) is 0 Å². The molecule has 0 unspecified atom stereocenters. The second kappa shape index (κ2) is 6.09. The van der Waals surface area contributed by atoms with Crippen molar-refractivity contribution in [1.29, 1.82) is 0 Å². The van der Waals surface area contributed by atoms with E-state index in [0.717, 1.165) is 10.7 Å². The number of nitrogens with two attached hydrogens (primary N) is 1. The van der Waals surface area contributed by atoms with Crippen molar-refractivity contribution in [3.05, 3.63) is 39.0 Å². The minimum Gasteiger partial charge on any atom is -0.442 e. The molecular formula is C14H15BrN4O4. The first-order chi connectivity index (χ1) is 10.6. The summed E-state index contributed by atoms with van der Waals surface area (Å²) in [4.78, 5) is 26.8. The van der Waals surface area contributed by atoms with E-state index >= 15 is 0 Å². The number of carbonyl (C=O) groups is 1. The van der Waals surface area contributed by atoms with Gasteiger partial charge in [-0.3, -0.25) is 10.1 Å². The summed E-state index contributed by atoms with van der Waals surface area (Å²) < 4.78 is 5.92. The van der Waals surface area contributed by atoms with Crippen LogP contribution in [0.2, 0.25) is 0 Å². The van der Waals surface area contributed by atoms with Crippen LogP contribution in [0.4, 0.5) is 16.2 Å². The molecular weight excluding hydrogens is 368 g/mol. The summed E-state index contributed by atoms with van der Waals surface area (Å²) in [5.74, 6) is 5.80. The van der Waals surface area contributed by atoms with Crippen LogP contribution in [0, 0.1) is 10.1 Å². The van der Waals surface area contributed by atoms with Gasteiger partial charge in [-0.25, -0.2) is 20.6 Å². The third-order valence-electron chi connectivity index (χ3n) is 2.81. The van der Waals surface area contributed by atoms with Crippen molar-refractivity contribution in [2.75, 3.05) is 5.01 Å². The quantitative estimate of drug-likeness (QED) is 0.368. The lowest BCUT2D eigenvalue weighted by Gasteiger charge is -2.24. The summed E-state index contributed by atoms with van der Waals surface area (Å²) in [7, 11) is 0. The zero-order chi connectivity index (χ0) is 17.4. The molecule has 0 saturated carbocycles. The topological polar surface area (TPSA) is 112 Å². The van der Waals surface area contributed by atoms with Crippen LogP contribution < -0.4 is 10.9 Å². The predicted molar refractivity (Wildman–Crippen MR) is 89.0 cm³/mol. The lowest BCUT2D eigenvalue weighted by atomic mass is 10.1. The van der Waals surface area contributed by atoms with E-state index in [0.29, 0.717) is 15.9 Å². The predicted octanol–water partition coefficient (Wildman–Crippen LogP) is 3.52. The minimum atomic E-state index is -0.893. The van der Waals surface area contributed by atoms with Gasteiger partial charge in [-0.15, -0.1) is 0 Å². The first-order valence-electron chi connectivity index (χ1n) is 6.60. The first-order valence-corrected chi connectivity index (χ1v) is 7.40. The van der Waals surface area contributed by atoms with E-state index in [9.17, 15) is 14.9 Å². The number of hydrogen-bond acceptors (Lipinski definition) is 6. The van der Waals surface area contributed by atoms with Crippen LogP contribution in [0.1, 0.15) is 20.8 Å². The van der Waals surface area contributed by atoms with Gasteiger partial charge in [0.1, 0.15) is 11.8 Å². The van der Waals surface area contributed by atoms with Crippen LogP contribution in [0.3, 0.4) is 0 Å². The molecule has 9 heteroatoms. The van der Waals surface area contributed by atoms with Gasteiger partial charge in [0.2, 0.25) is 0 Å². The molecule has 0 spiro atoms. The Hall–Kier alpha value is -2.26. The molecule has 8 nitrogen and oxygen atoms in total. The molecule has 0 atom stereocenters. The van der Waals surface area contributed by atoms with Gasteiger partial charge in [-0.2, -0.15) is 0 Å². The number of benzene rings is 1. The number of hydrazine groups is 1. The second-order valence-corrected chi connectivity index (χ2v) is 6.68. The maximum atomic E-state index is 12.2. The molecule has 0 aliphatic carbocycles. The molecule has 2 rings (SSSR count). The van der Waals surface area contributed by atoms with Crippen molar-refractivity contribution in [2.24, 2.45) is 5.84 Å². The standard InChI is InChI=1S/C14H15BrN4O4/c1-14(2,3)23-13(20)18(16)12-9-5-4-8(15)6-10(9)17-7-11(12)19(21)22/h4-7H,16H2,1-3H3. The SMILES string of the molecule is CC(C)(C)OC(=O)N(N)c1c([N+](=O)[O-])cnc2cc(Br)ccc12. The average Bonchev–Trinajstić information content (AvgIpc) is 2.42. The fourth-order valence-corrected chi connectivity index (χ4v) is 2.28. The van der Waals surface area contributed by atoms with Crippen LogP contribution in [-0.2, 0) is 4.74 Å². The normalized spacial score (nSPS) is 11.3. The average molecular weight is 383 g/mol. The summed E-state index contributed by atoms with van der Waals surface area (Å²) in [5, 5.41) is 12.3. The number of ether oxygens (including phenoxy) is 1. The lowest BCUT2D eigenvalue weighted by Crippen LogP contribution is -2.42. The van der Waals surface area contributed by atoms with Crippen molar-refractivity contribution in [2.45, 2.75) is 26.4 Å². The zero-order valence-corrected chi connectivity index (χ0v) is 14.3. The Morgan fingerprint density at radius 1 is 1.43 bits per heavy atom. The Labute approximate surface area is 140 Å². The highest BCUT2D eigenvalue weighted by Crippen LogP contribution is 2.35. The van der Waals surface area contributed by atoms with Crippen molar-refractivity contribution in [3.63, 3.8) is 0 Å². The number of pyridine rings is 1. The number of halogens is 1. The number of carbonyl (C=O) groups excluding carboxylic acids is 1. The highest BCUT2D eigenvalue weighted by molar-refractivity contribution is 9.10. The molecule has 0 aliphatic heterocycles. The molecule has 1 aromatic heterocycles. The van der Waals surface area contributed by atoms with E-state index in [1.807, 2.05) is 0 Å². The van der Waals surface area contributed by atoms with Crippen molar-refractivity contribution in [3.8, 4) is 0 Å². The second-order valence-electron chi connectivity index (χ2n) is 5.76.